The number of nitrogens with zero attached hydrogens (tertiary/aromatic N) is 3. The molecule has 1 fully saturated rings. The molecule has 1 aromatic heterocycles. The molecule has 1 atom stereocenters. The SMILES string of the molecule is Cc1ncc(Br)c(NC2CCCN(Cc3ccccc3)C2)n1. The average Bonchev–Trinajstić information content (AvgIpc) is 2.52. The molecule has 0 amide bonds. The summed E-state index contributed by atoms with van der Waals surface area (Å²) < 4.78 is 0.929. The molecule has 1 saturated heterocycles. The molecule has 0 spiro atoms. The fraction of sp³-hybridized carbons (Fsp3) is 0.412. The van der Waals surface area contributed by atoms with E-state index in [1.54, 1.807) is 0 Å². The molecule has 3 rings (SSSR count). The first-order valence-corrected chi connectivity index (χ1v) is 8.52. The van der Waals surface area contributed by atoms with E-state index in [4.69, 9.17) is 0 Å². The Morgan fingerprint density at radius 1 is 1.32 bits per heavy atom. The van der Waals surface area contributed by atoms with E-state index in [0.29, 0.717) is 6.04 Å². The summed E-state index contributed by atoms with van der Waals surface area (Å²) in [6, 6.07) is 11.1. The van der Waals surface area contributed by atoms with Crippen molar-refractivity contribution in [2.45, 2.75) is 32.4 Å². The summed E-state index contributed by atoms with van der Waals surface area (Å²) in [5, 5.41) is 3.57. The van der Waals surface area contributed by atoms with Gasteiger partial charge in [0.2, 0.25) is 0 Å². The van der Waals surface area contributed by atoms with Gasteiger partial charge in [-0.05, 0) is 47.8 Å². The van der Waals surface area contributed by atoms with Gasteiger partial charge in [0, 0.05) is 25.3 Å². The molecule has 0 saturated carbocycles. The Hall–Kier alpha value is -1.46. The van der Waals surface area contributed by atoms with E-state index < -0.39 is 0 Å². The maximum absolute atomic E-state index is 4.49. The molecule has 116 valence electrons. The predicted molar refractivity (Wildman–Crippen MR) is 92.8 cm³/mol. The Kier molecular flexibility index (Phi) is 5.05. The van der Waals surface area contributed by atoms with E-state index in [1.165, 1.54) is 18.4 Å². The average molecular weight is 361 g/mol. The summed E-state index contributed by atoms with van der Waals surface area (Å²) in [5.41, 5.74) is 1.38. The number of aryl methyl sites for hydroxylation is 1. The van der Waals surface area contributed by atoms with Gasteiger partial charge < -0.3 is 5.32 Å². The maximum atomic E-state index is 4.49. The van der Waals surface area contributed by atoms with Gasteiger partial charge in [-0.1, -0.05) is 30.3 Å². The van der Waals surface area contributed by atoms with Crippen molar-refractivity contribution in [2.75, 3.05) is 18.4 Å². The van der Waals surface area contributed by atoms with E-state index >= 15 is 0 Å². The Labute approximate surface area is 140 Å². The quantitative estimate of drug-likeness (QED) is 0.903. The zero-order valence-corrected chi connectivity index (χ0v) is 14.4. The lowest BCUT2D eigenvalue weighted by Gasteiger charge is -2.33. The standard InChI is InChI=1S/C17H21BrN4/c1-13-19-10-16(18)17(20-13)21-15-8-5-9-22(12-15)11-14-6-3-2-4-7-14/h2-4,6-7,10,15H,5,8-9,11-12H2,1H3,(H,19,20,21). The fourth-order valence-corrected chi connectivity index (χ4v) is 3.21. The van der Waals surface area contributed by atoms with Crippen molar-refractivity contribution >= 4 is 21.7 Å². The van der Waals surface area contributed by atoms with Gasteiger partial charge in [0.05, 0.1) is 4.47 Å². The van der Waals surface area contributed by atoms with E-state index in [2.05, 4.69) is 66.4 Å². The van der Waals surface area contributed by atoms with Gasteiger partial charge in [0.1, 0.15) is 11.6 Å². The van der Waals surface area contributed by atoms with Crippen LogP contribution in [-0.4, -0.2) is 34.0 Å². The summed E-state index contributed by atoms with van der Waals surface area (Å²) in [7, 11) is 0. The highest BCUT2D eigenvalue weighted by molar-refractivity contribution is 9.10. The largest absolute Gasteiger partial charge is 0.365 e. The molecule has 5 heteroatoms. The maximum Gasteiger partial charge on any atom is 0.144 e. The van der Waals surface area contributed by atoms with Gasteiger partial charge in [-0.2, -0.15) is 0 Å². The minimum absolute atomic E-state index is 0.433. The van der Waals surface area contributed by atoms with Gasteiger partial charge in [0.15, 0.2) is 0 Å². The molecule has 1 aromatic carbocycles. The van der Waals surface area contributed by atoms with Crippen molar-refractivity contribution in [3.05, 3.63) is 52.4 Å². The molecular weight excluding hydrogens is 340 g/mol. The number of rotatable bonds is 4. The lowest BCUT2D eigenvalue weighted by molar-refractivity contribution is 0.208. The van der Waals surface area contributed by atoms with E-state index in [0.717, 1.165) is 35.7 Å². The van der Waals surface area contributed by atoms with Crippen LogP contribution in [0.2, 0.25) is 0 Å². The molecule has 2 aromatic rings. The normalized spacial score (nSPS) is 19.1. The number of hydrogen-bond acceptors (Lipinski definition) is 4. The molecule has 0 aliphatic carbocycles. The van der Waals surface area contributed by atoms with Crippen molar-refractivity contribution in [3.8, 4) is 0 Å². The number of anilines is 1. The molecule has 1 aliphatic rings. The minimum atomic E-state index is 0.433. The van der Waals surface area contributed by atoms with Crippen LogP contribution >= 0.6 is 15.9 Å². The van der Waals surface area contributed by atoms with Crippen LogP contribution in [0.4, 0.5) is 5.82 Å². The van der Waals surface area contributed by atoms with E-state index in [9.17, 15) is 0 Å². The zero-order valence-electron chi connectivity index (χ0n) is 12.8. The van der Waals surface area contributed by atoms with Crippen LogP contribution in [0, 0.1) is 6.92 Å². The highest BCUT2D eigenvalue weighted by Crippen LogP contribution is 2.22. The van der Waals surface area contributed by atoms with Gasteiger partial charge in [0.25, 0.3) is 0 Å². The summed E-state index contributed by atoms with van der Waals surface area (Å²) >= 11 is 3.53. The second-order valence-electron chi connectivity index (χ2n) is 5.82. The Bertz CT molecular complexity index is 617. The van der Waals surface area contributed by atoms with Gasteiger partial charge in [-0.15, -0.1) is 0 Å². The fourth-order valence-electron chi connectivity index (χ4n) is 2.91. The van der Waals surface area contributed by atoms with Crippen LogP contribution < -0.4 is 5.32 Å². The van der Waals surface area contributed by atoms with Crippen LogP contribution in [0.25, 0.3) is 0 Å². The molecule has 2 heterocycles. The third kappa shape index (κ3) is 4.05. The lowest BCUT2D eigenvalue weighted by atomic mass is 10.0. The minimum Gasteiger partial charge on any atom is -0.365 e. The third-order valence-electron chi connectivity index (χ3n) is 3.96. The van der Waals surface area contributed by atoms with Crippen LogP contribution in [0.1, 0.15) is 24.2 Å². The first-order chi connectivity index (χ1) is 10.7. The van der Waals surface area contributed by atoms with Crippen molar-refractivity contribution in [2.24, 2.45) is 0 Å². The van der Waals surface area contributed by atoms with Gasteiger partial charge >= 0.3 is 0 Å². The summed E-state index contributed by atoms with van der Waals surface area (Å²) in [4.78, 5) is 11.2. The highest BCUT2D eigenvalue weighted by Gasteiger charge is 2.21. The predicted octanol–water partition coefficient (Wildman–Crippen LogP) is 3.62. The van der Waals surface area contributed by atoms with Crippen molar-refractivity contribution < 1.29 is 0 Å². The number of nitrogens with one attached hydrogen (secondary N) is 1. The van der Waals surface area contributed by atoms with Crippen molar-refractivity contribution in [1.82, 2.24) is 14.9 Å². The lowest BCUT2D eigenvalue weighted by Crippen LogP contribution is -2.41. The first kappa shape index (κ1) is 15.4. The molecule has 4 nitrogen and oxygen atoms in total. The molecule has 22 heavy (non-hydrogen) atoms. The molecule has 0 bridgehead atoms. The van der Waals surface area contributed by atoms with Crippen LogP contribution in [-0.2, 0) is 6.54 Å². The highest BCUT2D eigenvalue weighted by atomic mass is 79.9. The Balaban J connectivity index is 1.62. The van der Waals surface area contributed by atoms with E-state index in [1.807, 2.05) is 13.1 Å². The Morgan fingerprint density at radius 2 is 2.14 bits per heavy atom. The first-order valence-electron chi connectivity index (χ1n) is 7.72. The van der Waals surface area contributed by atoms with Crippen molar-refractivity contribution in [1.29, 1.82) is 0 Å². The second-order valence-corrected chi connectivity index (χ2v) is 6.67. The molecule has 1 N–H and O–H groups in total. The number of halogens is 1. The van der Waals surface area contributed by atoms with Crippen LogP contribution in [0.15, 0.2) is 41.0 Å². The number of piperidine rings is 1. The summed E-state index contributed by atoms with van der Waals surface area (Å²) in [5.74, 6) is 1.70. The number of benzene rings is 1. The van der Waals surface area contributed by atoms with Gasteiger partial charge in [-0.25, -0.2) is 9.97 Å². The van der Waals surface area contributed by atoms with E-state index in [-0.39, 0.29) is 0 Å². The Morgan fingerprint density at radius 3 is 2.95 bits per heavy atom. The topological polar surface area (TPSA) is 41.1 Å². The molecular formula is C17H21BrN4. The number of likely N-dealkylation sites (tertiary alicyclic amines) is 1. The summed E-state index contributed by atoms with van der Waals surface area (Å²) in [6.45, 7) is 5.14. The zero-order chi connectivity index (χ0) is 15.4. The molecule has 0 radical (unpaired) electrons. The molecule has 1 aliphatic heterocycles. The smallest absolute Gasteiger partial charge is 0.144 e. The van der Waals surface area contributed by atoms with Crippen LogP contribution in [0.5, 0.6) is 0 Å². The summed E-state index contributed by atoms with van der Waals surface area (Å²) in [6.07, 6.45) is 4.21. The second kappa shape index (κ2) is 7.20. The monoisotopic (exact) mass is 360 g/mol. The number of aromatic nitrogens is 2. The van der Waals surface area contributed by atoms with Gasteiger partial charge in [-0.3, -0.25) is 4.90 Å². The number of hydrogen-bond donors (Lipinski definition) is 1. The van der Waals surface area contributed by atoms with Crippen molar-refractivity contribution in [3.63, 3.8) is 0 Å². The molecule has 1 unspecified atom stereocenters. The third-order valence-corrected chi connectivity index (χ3v) is 4.54. The van der Waals surface area contributed by atoms with Crippen LogP contribution in [0.3, 0.4) is 0 Å².